The summed E-state index contributed by atoms with van der Waals surface area (Å²) in [6.45, 7) is 10.4. The van der Waals surface area contributed by atoms with Gasteiger partial charge in [0.25, 0.3) is 13.0 Å². The van der Waals surface area contributed by atoms with Gasteiger partial charge in [0.15, 0.2) is 24.0 Å². The van der Waals surface area contributed by atoms with Crippen LogP contribution >= 0.6 is 7.44 Å². The second-order valence-corrected chi connectivity index (χ2v) is 13.1. The molecule has 2 aromatic heterocycles. The maximum Gasteiger partial charge on any atom is 0.343 e. The van der Waals surface area contributed by atoms with Crippen LogP contribution in [0.5, 0.6) is 0 Å². The van der Waals surface area contributed by atoms with E-state index in [1.807, 2.05) is 6.92 Å². The molecule has 3 rings (SSSR count). The molecular formula is C25H40N7O10P. The Hall–Kier alpha value is -3.24. The maximum absolute atomic E-state index is 13.8. The largest absolute Gasteiger partial charge is 0.479 e. The van der Waals surface area contributed by atoms with E-state index in [4.69, 9.17) is 18.9 Å². The molecule has 1 saturated heterocycles. The van der Waals surface area contributed by atoms with Gasteiger partial charge in [-0.05, 0) is 34.1 Å². The molecule has 0 spiro atoms. The van der Waals surface area contributed by atoms with E-state index in [1.165, 1.54) is 4.68 Å². The Labute approximate surface area is 248 Å². The minimum Gasteiger partial charge on any atom is -0.479 e. The lowest BCUT2D eigenvalue weighted by atomic mass is 10.1. The van der Waals surface area contributed by atoms with Crippen molar-refractivity contribution in [1.29, 1.82) is 0 Å². The van der Waals surface area contributed by atoms with Crippen LogP contribution in [0.1, 0.15) is 66.8 Å². The summed E-state index contributed by atoms with van der Waals surface area (Å²) in [4.78, 5) is 50.1. The highest BCUT2D eigenvalue weighted by Crippen LogP contribution is 2.45. The van der Waals surface area contributed by atoms with Crippen molar-refractivity contribution in [3.63, 3.8) is 0 Å². The van der Waals surface area contributed by atoms with Crippen LogP contribution < -0.4 is 15.7 Å². The number of aliphatic carboxylic acids is 1. The number of carboxylic acids is 1. The minimum absolute atomic E-state index is 0.124. The highest BCUT2D eigenvalue weighted by atomic mass is 31.2. The smallest absolute Gasteiger partial charge is 0.343 e. The molecule has 0 saturated carbocycles. The van der Waals surface area contributed by atoms with Crippen LogP contribution in [0.25, 0.3) is 11.0 Å². The summed E-state index contributed by atoms with van der Waals surface area (Å²) in [5.74, 6) is -4.95. The van der Waals surface area contributed by atoms with Gasteiger partial charge >= 0.3 is 17.9 Å². The Balaban J connectivity index is 2.04. The number of carboxylic acid groups (broad SMARTS) is 1. The Morgan fingerprint density at radius 3 is 2.16 bits per heavy atom. The molecule has 3 heterocycles. The SMILES string of the molecule is CCCc1nn(C)c2c(=O)n(C3OC(COC(C(=O)O)P(=O)(NC(C)C)NC(C)C)C(OC(C)=O)C3OC(C)=O)nnc12. The molecule has 0 bridgehead atoms. The van der Waals surface area contributed by atoms with Crippen LogP contribution in [0.15, 0.2) is 4.79 Å². The first-order valence-corrected chi connectivity index (χ1v) is 15.7. The van der Waals surface area contributed by atoms with Crippen molar-refractivity contribution in [2.45, 2.75) is 104 Å². The number of fused-ring (bicyclic) bond motifs is 1. The van der Waals surface area contributed by atoms with Crippen molar-refractivity contribution < 1.29 is 43.0 Å². The number of ether oxygens (including phenoxy) is 4. The molecular weight excluding hydrogens is 589 g/mol. The molecule has 0 aliphatic carbocycles. The number of rotatable bonds is 14. The van der Waals surface area contributed by atoms with Crippen LogP contribution in [-0.2, 0) is 51.4 Å². The number of aromatic nitrogens is 5. The first-order chi connectivity index (χ1) is 20.1. The zero-order chi connectivity index (χ0) is 32.2. The molecule has 17 nitrogen and oxygen atoms in total. The number of aryl methyl sites for hydroxylation is 2. The maximum atomic E-state index is 13.8. The molecule has 5 unspecified atom stereocenters. The number of nitrogens with one attached hydrogen (secondary N) is 2. The predicted octanol–water partition coefficient (Wildman–Crippen LogP) is 0.855. The summed E-state index contributed by atoms with van der Waals surface area (Å²) in [6.07, 6.45) is -4.17. The third-order valence-corrected chi connectivity index (χ3v) is 9.05. The molecule has 5 atom stereocenters. The van der Waals surface area contributed by atoms with Crippen molar-refractivity contribution in [2.24, 2.45) is 7.05 Å². The van der Waals surface area contributed by atoms with Gasteiger partial charge in [-0.3, -0.25) is 23.6 Å². The molecule has 0 amide bonds. The first-order valence-electron chi connectivity index (χ1n) is 13.9. The molecule has 1 aliphatic rings. The van der Waals surface area contributed by atoms with Gasteiger partial charge in [-0.25, -0.2) is 15.0 Å². The summed E-state index contributed by atoms with van der Waals surface area (Å²) >= 11 is 0. The van der Waals surface area contributed by atoms with E-state index >= 15 is 0 Å². The number of esters is 2. The van der Waals surface area contributed by atoms with E-state index in [0.29, 0.717) is 17.6 Å². The molecule has 3 N–H and O–H groups in total. The predicted molar refractivity (Wildman–Crippen MR) is 151 cm³/mol. The molecule has 0 aromatic carbocycles. The van der Waals surface area contributed by atoms with Gasteiger partial charge in [0.1, 0.15) is 11.6 Å². The summed E-state index contributed by atoms with van der Waals surface area (Å²) < 4.78 is 38.6. The summed E-state index contributed by atoms with van der Waals surface area (Å²) in [5.41, 5.74) is 0.347. The minimum atomic E-state index is -3.92. The van der Waals surface area contributed by atoms with Crippen LogP contribution in [0.4, 0.5) is 0 Å². The number of hydrogen-bond donors (Lipinski definition) is 3. The van der Waals surface area contributed by atoms with Crippen molar-refractivity contribution in [1.82, 2.24) is 34.9 Å². The lowest BCUT2D eigenvalue weighted by molar-refractivity contribution is -0.166. The number of hydrogen-bond acceptors (Lipinski definition) is 12. The van der Waals surface area contributed by atoms with Gasteiger partial charge in [-0.2, -0.15) is 9.78 Å². The zero-order valence-corrected chi connectivity index (χ0v) is 26.4. The van der Waals surface area contributed by atoms with E-state index in [-0.39, 0.29) is 17.6 Å². The van der Waals surface area contributed by atoms with Crippen LogP contribution in [0.2, 0.25) is 0 Å². The molecule has 240 valence electrons. The van der Waals surface area contributed by atoms with E-state index in [1.54, 1.807) is 34.7 Å². The Morgan fingerprint density at radius 1 is 1.07 bits per heavy atom. The number of carbonyl (C=O) groups is 3. The van der Waals surface area contributed by atoms with Crippen LogP contribution in [0.3, 0.4) is 0 Å². The van der Waals surface area contributed by atoms with E-state index in [2.05, 4.69) is 25.6 Å². The van der Waals surface area contributed by atoms with E-state index in [9.17, 15) is 28.8 Å². The van der Waals surface area contributed by atoms with Gasteiger partial charge in [0, 0.05) is 33.0 Å². The Bertz CT molecular complexity index is 1430. The molecule has 43 heavy (non-hydrogen) atoms. The zero-order valence-electron chi connectivity index (χ0n) is 25.5. The molecule has 18 heteroatoms. The molecule has 1 aliphatic heterocycles. The quantitative estimate of drug-likeness (QED) is 0.195. The summed E-state index contributed by atoms with van der Waals surface area (Å²) in [7, 11) is -2.34. The van der Waals surface area contributed by atoms with Crippen LogP contribution in [0, 0.1) is 0 Å². The Morgan fingerprint density at radius 2 is 1.65 bits per heavy atom. The fourth-order valence-corrected chi connectivity index (χ4v) is 7.36. The van der Waals surface area contributed by atoms with Gasteiger partial charge in [-0.1, -0.05) is 18.6 Å². The molecule has 2 aromatic rings. The highest BCUT2D eigenvalue weighted by molar-refractivity contribution is 7.61. The first kappa shape index (κ1) is 34.3. The number of nitrogens with zero attached hydrogens (tertiary/aromatic N) is 5. The topological polar surface area (TPSA) is 215 Å². The summed E-state index contributed by atoms with van der Waals surface area (Å²) in [6, 6.07) is -0.746. The third kappa shape index (κ3) is 7.84. The third-order valence-electron chi connectivity index (χ3n) is 6.22. The van der Waals surface area contributed by atoms with Gasteiger partial charge in [-0.15, -0.1) is 5.10 Å². The average Bonchev–Trinajstić information content (AvgIpc) is 3.35. The molecule has 0 radical (unpaired) electrons. The molecule has 1 fully saturated rings. The summed E-state index contributed by atoms with van der Waals surface area (Å²) in [5, 5.41) is 28.1. The van der Waals surface area contributed by atoms with E-state index < -0.39 is 67.9 Å². The second-order valence-electron chi connectivity index (χ2n) is 10.8. The average molecular weight is 630 g/mol. The highest BCUT2D eigenvalue weighted by Gasteiger charge is 2.52. The van der Waals surface area contributed by atoms with Gasteiger partial charge < -0.3 is 24.1 Å². The second kappa shape index (κ2) is 14.0. The van der Waals surface area contributed by atoms with Gasteiger partial charge in [0.05, 0.1) is 12.3 Å². The fourth-order valence-electron chi connectivity index (χ4n) is 4.87. The Kier molecular flexibility index (Phi) is 11.2. The standard InChI is InChI=1S/C25H40N7O10P/c1-9-10-16-18-19(31(8)27-16)22(35)32(30-26-18)23-21(41-15(7)34)20(40-14(6)33)17(42-23)11-39-25(24(36)37)43(38,28-12(2)3)29-13(4)5/h12-13,17,20-21,23,25H,9-11H2,1-8H3,(H,36,37)(H2,28,29,38). The lowest BCUT2D eigenvalue weighted by Gasteiger charge is -2.30. The van der Waals surface area contributed by atoms with Crippen molar-refractivity contribution in [3.05, 3.63) is 16.0 Å². The monoisotopic (exact) mass is 629 g/mol. The normalized spacial score (nSPS) is 21.4. The van der Waals surface area contributed by atoms with Crippen molar-refractivity contribution in [3.8, 4) is 0 Å². The lowest BCUT2D eigenvalue weighted by Crippen LogP contribution is -2.44. The van der Waals surface area contributed by atoms with Gasteiger partial charge in [0.2, 0.25) is 5.85 Å². The van der Waals surface area contributed by atoms with Crippen molar-refractivity contribution in [2.75, 3.05) is 6.61 Å². The van der Waals surface area contributed by atoms with E-state index in [0.717, 1.165) is 25.0 Å². The fraction of sp³-hybridized carbons (Fsp3) is 0.720. The number of carbonyl (C=O) groups excluding carboxylic acids is 2. The van der Waals surface area contributed by atoms with Crippen LogP contribution in [-0.4, -0.2) is 90.6 Å². The van der Waals surface area contributed by atoms with Crippen molar-refractivity contribution >= 4 is 36.4 Å².